The minimum Gasteiger partial charge on any atom is -0.507 e. The number of epoxide rings is 1. The van der Waals surface area contributed by atoms with E-state index in [0.717, 1.165) is 25.1 Å². The zero-order chi connectivity index (χ0) is 28.4. The molecule has 6 rings (SSSR count). The third-order valence-electron chi connectivity index (χ3n) is 8.48. The summed E-state index contributed by atoms with van der Waals surface area (Å²) in [6.45, 7) is 9.05. The maximum absolute atomic E-state index is 14.0. The first-order valence-electron chi connectivity index (χ1n) is 13.8. The number of hydrogen-bond donors (Lipinski definition) is 4. The second kappa shape index (κ2) is 9.27. The van der Waals surface area contributed by atoms with Crippen molar-refractivity contribution in [2.24, 2.45) is 11.8 Å². The fourth-order valence-electron chi connectivity index (χ4n) is 6.54. The highest BCUT2D eigenvalue weighted by molar-refractivity contribution is 6.31. The molecule has 2 bridgehead atoms. The van der Waals surface area contributed by atoms with Crippen LogP contribution in [-0.2, 0) is 10.3 Å². The minimum atomic E-state index is -1.33. The fraction of sp³-hybridized carbons (Fsp3) is 0.394. The Bertz CT molecular complexity index is 1620. The van der Waals surface area contributed by atoms with Crippen LogP contribution in [-0.4, -0.2) is 46.1 Å². The topological polar surface area (TPSA) is 111 Å². The van der Waals surface area contributed by atoms with E-state index in [1.807, 2.05) is 13.8 Å². The van der Waals surface area contributed by atoms with Gasteiger partial charge in [0.2, 0.25) is 0 Å². The van der Waals surface area contributed by atoms with Gasteiger partial charge in [-0.3, -0.25) is 9.59 Å². The molecule has 2 aromatic carbocycles. The SMILES string of the molecule is CC(C)CCCNc1ccc2c(c1)C(=O)c1c(O)cc3c(c1C2=O)N[C@H]1C#C/C=C\C#C[C@@H](O)[C@@]32O[C@@]12C(C)C. The maximum atomic E-state index is 14.0. The molecule has 0 aromatic heterocycles. The van der Waals surface area contributed by atoms with Crippen LogP contribution in [0.15, 0.2) is 36.4 Å². The predicted octanol–water partition coefficient (Wildman–Crippen LogP) is 4.37. The van der Waals surface area contributed by atoms with Crippen LogP contribution in [0.1, 0.15) is 77.9 Å². The van der Waals surface area contributed by atoms with Crippen LogP contribution in [0.3, 0.4) is 0 Å². The molecule has 204 valence electrons. The van der Waals surface area contributed by atoms with E-state index >= 15 is 0 Å². The lowest BCUT2D eigenvalue weighted by Crippen LogP contribution is -2.52. The summed E-state index contributed by atoms with van der Waals surface area (Å²) >= 11 is 0. The highest BCUT2D eigenvalue weighted by Gasteiger charge is 2.81. The number of benzene rings is 2. The van der Waals surface area contributed by atoms with Crippen LogP contribution >= 0.6 is 0 Å². The second-order valence-corrected chi connectivity index (χ2v) is 11.6. The Morgan fingerprint density at radius 3 is 2.48 bits per heavy atom. The summed E-state index contributed by atoms with van der Waals surface area (Å²) < 4.78 is 6.44. The van der Waals surface area contributed by atoms with E-state index in [2.05, 4.69) is 48.2 Å². The van der Waals surface area contributed by atoms with Gasteiger partial charge in [0.15, 0.2) is 23.3 Å². The third-order valence-corrected chi connectivity index (χ3v) is 8.48. The highest BCUT2D eigenvalue weighted by Crippen LogP contribution is 2.68. The number of aliphatic hydroxyl groups excluding tert-OH is 1. The lowest BCUT2D eigenvalue weighted by Gasteiger charge is -2.38. The number of ether oxygens (including phenoxy) is 1. The molecule has 7 heteroatoms. The minimum absolute atomic E-state index is 0.0622. The molecule has 2 aliphatic carbocycles. The van der Waals surface area contributed by atoms with Crippen molar-refractivity contribution in [2.75, 3.05) is 17.2 Å². The molecule has 2 aliphatic heterocycles. The zero-order valence-electron chi connectivity index (χ0n) is 23.0. The molecular formula is C33H32N2O5. The summed E-state index contributed by atoms with van der Waals surface area (Å²) in [5.74, 6) is 11.2. The van der Waals surface area contributed by atoms with Crippen LogP contribution in [0, 0.1) is 35.5 Å². The zero-order valence-corrected chi connectivity index (χ0v) is 23.0. The number of ketones is 2. The number of allylic oxidation sites excluding steroid dienone is 2. The van der Waals surface area contributed by atoms with Crippen molar-refractivity contribution >= 4 is 22.9 Å². The summed E-state index contributed by atoms with van der Waals surface area (Å²) in [5.41, 5.74) is -0.298. The average Bonchev–Trinajstić information content (AvgIpc) is 3.65. The Labute approximate surface area is 234 Å². The van der Waals surface area contributed by atoms with Gasteiger partial charge in [0.05, 0.1) is 16.8 Å². The number of nitrogens with one attached hydrogen (secondary N) is 2. The molecular weight excluding hydrogens is 504 g/mol. The lowest BCUT2D eigenvalue weighted by atomic mass is 9.67. The van der Waals surface area contributed by atoms with Crippen molar-refractivity contribution in [3.8, 4) is 29.4 Å². The molecule has 40 heavy (non-hydrogen) atoms. The molecule has 0 saturated carbocycles. The first-order chi connectivity index (χ1) is 19.1. The van der Waals surface area contributed by atoms with E-state index < -0.39 is 29.1 Å². The van der Waals surface area contributed by atoms with Crippen molar-refractivity contribution in [3.05, 3.63) is 64.2 Å². The van der Waals surface area contributed by atoms with Gasteiger partial charge in [-0.05, 0) is 61.1 Å². The van der Waals surface area contributed by atoms with E-state index in [0.29, 0.717) is 17.2 Å². The van der Waals surface area contributed by atoms with Crippen LogP contribution in [0.2, 0.25) is 0 Å². The highest BCUT2D eigenvalue weighted by atomic mass is 16.6. The molecule has 0 unspecified atom stereocenters. The normalized spacial score (nSPS) is 27.6. The Kier molecular flexibility index (Phi) is 6.07. The van der Waals surface area contributed by atoms with E-state index in [-0.39, 0.29) is 39.7 Å². The smallest absolute Gasteiger partial charge is 0.198 e. The van der Waals surface area contributed by atoms with Gasteiger partial charge in [-0.2, -0.15) is 0 Å². The summed E-state index contributed by atoms with van der Waals surface area (Å²) in [6, 6.07) is 5.97. The van der Waals surface area contributed by atoms with Crippen molar-refractivity contribution < 1.29 is 24.5 Å². The van der Waals surface area contributed by atoms with Crippen LogP contribution < -0.4 is 10.6 Å². The number of hydrogen-bond acceptors (Lipinski definition) is 7. The maximum Gasteiger partial charge on any atom is 0.198 e. The Hall–Kier alpha value is -4.04. The largest absolute Gasteiger partial charge is 0.507 e. The first-order valence-corrected chi connectivity index (χ1v) is 13.8. The molecule has 4 aliphatic rings. The van der Waals surface area contributed by atoms with E-state index in [4.69, 9.17) is 4.74 Å². The van der Waals surface area contributed by atoms with Crippen LogP contribution in [0.4, 0.5) is 11.4 Å². The number of phenols is 1. The average molecular weight is 537 g/mol. The molecule has 0 spiro atoms. The van der Waals surface area contributed by atoms with Gasteiger partial charge in [-0.1, -0.05) is 51.4 Å². The number of aromatic hydroxyl groups is 1. The van der Waals surface area contributed by atoms with Gasteiger partial charge in [0.1, 0.15) is 17.4 Å². The lowest BCUT2D eigenvalue weighted by molar-refractivity contribution is 0.0975. The molecule has 4 N–H and O–H groups in total. The Morgan fingerprint density at radius 2 is 1.75 bits per heavy atom. The number of rotatable bonds is 6. The molecule has 4 atom stereocenters. The van der Waals surface area contributed by atoms with Crippen LogP contribution in [0.5, 0.6) is 5.75 Å². The van der Waals surface area contributed by atoms with Crippen molar-refractivity contribution in [1.29, 1.82) is 0 Å². The Balaban J connectivity index is 1.48. The first kappa shape index (κ1) is 26.2. The fourth-order valence-corrected chi connectivity index (χ4v) is 6.54. The van der Waals surface area contributed by atoms with Gasteiger partial charge >= 0.3 is 0 Å². The van der Waals surface area contributed by atoms with Gasteiger partial charge in [-0.15, -0.1) is 0 Å². The monoisotopic (exact) mass is 536 g/mol. The second-order valence-electron chi connectivity index (χ2n) is 11.6. The van der Waals surface area contributed by atoms with Crippen molar-refractivity contribution in [3.63, 3.8) is 0 Å². The Morgan fingerprint density at radius 1 is 1.02 bits per heavy atom. The van der Waals surface area contributed by atoms with Gasteiger partial charge in [0, 0.05) is 28.9 Å². The van der Waals surface area contributed by atoms with E-state index in [9.17, 15) is 19.8 Å². The molecule has 0 radical (unpaired) electrons. The summed E-state index contributed by atoms with van der Waals surface area (Å²) in [7, 11) is 0. The molecule has 0 amide bonds. The van der Waals surface area contributed by atoms with Gasteiger partial charge in [0.25, 0.3) is 0 Å². The molecule has 1 fully saturated rings. The van der Waals surface area contributed by atoms with Gasteiger partial charge < -0.3 is 25.6 Å². The van der Waals surface area contributed by atoms with E-state index in [1.54, 1.807) is 30.4 Å². The quantitative estimate of drug-likeness (QED) is 0.160. The molecule has 2 aromatic rings. The molecule has 7 nitrogen and oxygen atoms in total. The third kappa shape index (κ3) is 3.55. The van der Waals surface area contributed by atoms with Crippen molar-refractivity contribution in [2.45, 2.75) is 63.9 Å². The number of carbonyl (C=O) groups excluding carboxylic acids is 2. The number of phenolic OH excluding ortho intramolecular Hbond substituents is 1. The molecule has 2 heterocycles. The number of anilines is 2. The predicted molar refractivity (Wildman–Crippen MR) is 152 cm³/mol. The number of carbonyl (C=O) groups is 2. The standard InChI is InChI=1S/C33H32N2O5/c1-18(2)10-9-15-34-20-13-14-21-22(16-20)31(39)27-24(36)17-23-29(28(27)30(21)38)35-25-11-7-5-6-8-12-26(37)33(23)32(25,40-33)19(3)4/h5-6,13-14,16-19,25-26,34-37H,9-10,15H2,1-4H3/b6-5-/t25-,26+,32-,33-/m0/s1. The number of fused-ring (bicyclic) bond motifs is 4. The summed E-state index contributed by atoms with van der Waals surface area (Å²) in [5, 5.41) is 29.3. The summed E-state index contributed by atoms with van der Waals surface area (Å²) in [6.07, 6.45) is 3.98. The molecule has 1 saturated heterocycles. The van der Waals surface area contributed by atoms with Gasteiger partial charge in [-0.25, -0.2) is 0 Å². The van der Waals surface area contributed by atoms with Crippen molar-refractivity contribution in [1.82, 2.24) is 0 Å². The van der Waals surface area contributed by atoms with E-state index in [1.165, 1.54) is 6.07 Å². The number of aliphatic hydroxyl groups is 1. The summed E-state index contributed by atoms with van der Waals surface area (Å²) in [4.78, 5) is 27.9. The van der Waals surface area contributed by atoms with Crippen LogP contribution in [0.25, 0.3) is 0 Å².